The Morgan fingerprint density at radius 3 is 2.78 bits per heavy atom. The molecule has 2 aliphatic heterocycles. The van der Waals surface area contributed by atoms with Gasteiger partial charge in [-0.15, -0.1) is 11.3 Å². The minimum atomic E-state index is 0.0294. The van der Waals surface area contributed by atoms with E-state index in [9.17, 15) is 4.79 Å². The summed E-state index contributed by atoms with van der Waals surface area (Å²) in [5.41, 5.74) is 5.46. The van der Waals surface area contributed by atoms with E-state index in [1.807, 2.05) is 29.0 Å². The standard InChI is InChI=1S/C28H21N7OS/c36-28(15-3-1-2-4-15)35-18-11-17(13-29-14-18)16-5-6-21-20(12-16)25(34-33-21)27-31-24-19(9-10-30-26(24)32-27)22-7-8-23(35)37-22/h5-15,33-34H,1-4H2. The molecular formula is C28H21N7OS. The Labute approximate surface area is 214 Å². The fourth-order valence-electron chi connectivity index (χ4n) is 5.61. The number of nitrogens with one attached hydrogen (secondary N) is 2. The number of fused-ring (bicyclic) bond motifs is 9. The molecule has 180 valence electrons. The largest absolute Gasteiger partial charge is 0.300 e. The fourth-order valence-corrected chi connectivity index (χ4v) is 6.67. The molecule has 5 aromatic rings. The fraction of sp³-hybridized carbons (Fsp3) is 0.179. The highest BCUT2D eigenvalue weighted by Crippen LogP contribution is 2.34. The Hall–Kier alpha value is -4.37. The molecule has 1 aliphatic carbocycles. The molecule has 0 spiro atoms. The highest BCUT2D eigenvalue weighted by atomic mass is 32.1. The van der Waals surface area contributed by atoms with Crippen LogP contribution in [0.25, 0.3) is 64.8 Å². The van der Waals surface area contributed by atoms with E-state index in [1.54, 1.807) is 23.7 Å². The number of aromatic nitrogens is 7. The van der Waals surface area contributed by atoms with Crippen molar-refractivity contribution >= 4 is 70.8 Å². The molecule has 1 aromatic carbocycles. The first-order valence-corrected chi connectivity index (χ1v) is 13.3. The van der Waals surface area contributed by atoms with Gasteiger partial charge in [0.1, 0.15) is 16.0 Å². The average molecular weight is 504 g/mol. The molecule has 1 saturated carbocycles. The van der Waals surface area contributed by atoms with Crippen molar-refractivity contribution in [2.45, 2.75) is 25.7 Å². The number of carbonyl (C=O) groups excluding carboxylic acids is 1. The van der Waals surface area contributed by atoms with Gasteiger partial charge in [-0.3, -0.25) is 19.4 Å². The number of thiophene rings is 1. The topological polar surface area (TPSA) is 105 Å². The summed E-state index contributed by atoms with van der Waals surface area (Å²) in [6, 6.07) is 14.3. The maximum atomic E-state index is 13.9. The van der Waals surface area contributed by atoms with E-state index in [2.05, 4.69) is 44.4 Å². The summed E-state index contributed by atoms with van der Waals surface area (Å²) in [6.45, 7) is 0. The molecule has 3 aliphatic rings. The number of pyridine rings is 2. The second kappa shape index (κ2) is 7.81. The van der Waals surface area contributed by atoms with Crippen LogP contribution in [0.5, 0.6) is 0 Å². The molecule has 8 bridgehead atoms. The van der Waals surface area contributed by atoms with Gasteiger partial charge < -0.3 is 5.10 Å². The summed E-state index contributed by atoms with van der Waals surface area (Å²) >= 11 is 1.58. The maximum absolute atomic E-state index is 13.9. The molecule has 0 atom stereocenters. The first-order chi connectivity index (χ1) is 18.2. The van der Waals surface area contributed by atoms with E-state index in [-0.39, 0.29) is 11.8 Å². The lowest BCUT2D eigenvalue weighted by Gasteiger charge is -2.12. The highest BCUT2D eigenvalue weighted by molar-refractivity contribution is 7.24. The quantitative estimate of drug-likeness (QED) is 0.262. The molecule has 6 heterocycles. The van der Waals surface area contributed by atoms with E-state index < -0.39 is 0 Å². The van der Waals surface area contributed by atoms with Crippen molar-refractivity contribution in [3.8, 4) is 11.3 Å². The van der Waals surface area contributed by atoms with Crippen LogP contribution in [-0.2, 0) is 0 Å². The first kappa shape index (κ1) is 20.8. The second-order valence-corrected chi connectivity index (χ2v) is 10.8. The van der Waals surface area contributed by atoms with Crippen LogP contribution in [0, 0.1) is 5.92 Å². The Balaban J connectivity index is 1.57. The zero-order chi connectivity index (χ0) is 24.5. The van der Waals surface area contributed by atoms with Crippen molar-refractivity contribution in [2.75, 3.05) is 0 Å². The molecule has 1 fully saturated rings. The van der Waals surface area contributed by atoms with Crippen molar-refractivity contribution in [1.29, 1.82) is 0 Å². The maximum Gasteiger partial charge on any atom is 0.235 e. The molecule has 37 heavy (non-hydrogen) atoms. The van der Waals surface area contributed by atoms with Gasteiger partial charge in [-0.2, -0.15) is 0 Å². The SMILES string of the molecule is O=C(C1CCCC1)n1c2cncc(c2)c2ccc3[nH][nH]c(c4nc5nccc(c6ccc1s6)c5n4)-c3c2. The zero-order valence-corrected chi connectivity index (χ0v) is 20.5. The van der Waals surface area contributed by atoms with Gasteiger partial charge in [-0.1, -0.05) is 18.9 Å². The van der Waals surface area contributed by atoms with Crippen LogP contribution in [-0.4, -0.2) is 40.6 Å². The van der Waals surface area contributed by atoms with Crippen LogP contribution in [0.1, 0.15) is 30.5 Å². The number of carbonyl (C=O) groups is 1. The number of H-pyrrole nitrogens is 2. The summed E-state index contributed by atoms with van der Waals surface area (Å²) in [4.78, 5) is 33.6. The van der Waals surface area contributed by atoms with Gasteiger partial charge in [0.15, 0.2) is 11.3 Å². The van der Waals surface area contributed by atoms with Crippen LogP contribution in [0.2, 0.25) is 0 Å². The van der Waals surface area contributed by atoms with Crippen LogP contribution in [0.3, 0.4) is 0 Å². The van der Waals surface area contributed by atoms with Crippen LogP contribution in [0.4, 0.5) is 0 Å². The van der Waals surface area contributed by atoms with Gasteiger partial charge in [-0.25, -0.2) is 15.0 Å². The number of hydrogen-bond acceptors (Lipinski definition) is 6. The van der Waals surface area contributed by atoms with Crippen LogP contribution < -0.4 is 0 Å². The normalized spacial score (nSPS) is 14.6. The van der Waals surface area contributed by atoms with Crippen molar-refractivity contribution in [2.24, 2.45) is 5.92 Å². The molecule has 8 rings (SSSR count). The van der Waals surface area contributed by atoms with E-state index in [1.165, 1.54) is 0 Å². The molecule has 0 radical (unpaired) electrons. The Morgan fingerprint density at radius 2 is 1.86 bits per heavy atom. The predicted molar refractivity (Wildman–Crippen MR) is 147 cm³/mol. The molecule has 0 saturated heterocycles. The van der Waals surface area contributed by atoms with E-state index >= 15 is 0 Å². The lowest BCUT2D eigenvalue weighted by Crippen LogP contribution is -2.19. The van der Waals surface area contributed by atoms with Gasteiger partial charge in [0.25, 0.3) is 0 Å². The van der Waals surface area contributed by atoms with Gasteiger partial charge in [-0.05, 0) is 54.6 Å². The monoisotopic (exact) mass is 503 g/mol. The van der Waals surface area contributed by atoms with E-state index in [4.69, 9.17) is 9.97 Å². The Morgan fingerprint density at radius 1 is 0.946 bits per heavy atom. The molecule has 9 heteroatoms. The number of hydrogen-bond donors (Lipinski definition) is 2. The average Bonchev–Trinajstić information content (AvgIpc) is 3.73. The number of aromatic amines is 2. The van der Waals surface area contributed by atoms with Gasteiger partial charge >= 0.3 is 0 Å². The molecule has 2 N–H and O–H groups in total. The smallest absolute Gasteiger partial charge is 0.235 e. The van der Waals surface area contributed by atoms with Crippen molar-refractivity contribution in [3.05, 3.63) is 61.1 Å². The van der Waals surface area contributed by atoms with Gasteiger partial charge in [0.05, 0.1) is 17.2 Å². The van der Waals surface area contributed by atoms with Crippen molar-refractivity contribution in [1.82, 2.24) is 34.7 Å². The van der Waals surface area contributed by atoms with E-state index in [0.717, 1.165) is 79.2 Å². The molecule has 0 amide bonds. The van der Waals surface area contributed by atoms with Crippen molar-refractivity contribution in [3.63, 3.8) is 0 Å². The Bertz CT molecular complexity index is 2040. The minimum absolute atomic E-state index is 0.0294. The number of imidazole rings is 1. The molecular weight excluding hydrogens is 482 g/mol. The predicted octanol–water partition coefficient (Wildman–Crippen LogP) is 6.61. The van der Waals surface area contributed by atoms with Crippen molar-refractivity contribution < 1.29 is 4.79 Å². The van der Waals surface area contributed by atoms with Gasteiger partial charge in [0.2, 0.25) is 5.91 Å². The lowest BCUT2D eigenvalue weighted by molar-refractivity contribution is 0.0847. The van der Waals surface area contributed by atoms with E-state index in [0.29, 0.717) is 11.3 Å². The minimum Gasteiger partial charge on any atom is -0.300 e. The molecule has 0 unspecified atom stereocenters. The third-order valence-electron chi connectivity index (χ3n) is 7.49. The van der Waals surface area contributed by atoms with Gasteiger partial charge in [0, 0.05) is 39.3 Å². The summed E-state index contributed by atoms with van der Waals surface area (Å²) in [5, 5.41) is 9.39. The molecule has 4 aromatic heterocycles. The summed E-state index contributed by atoms with van der Waals surface area (Å²) < 4.78 is 2.88. The number of benzene rings is 1. The lowest BCUT2D eigenvalue weighted by atomic mass is 10.1. The number of rotatable bonds is 1. The zero-order valence-electron chi connectivity index (χ0n) is 19.7. The summed E-state index contributed by atoms with van der Waals surface area (Å²) in [6.07, 6.45) is 9.47. The number of nitrogens with zero attached hydrogens (tertiary/aromatic N) is 5. The Kier molecular flexibility index (Phi) is 4.39. The molecule has 8 nitrogen and oxygen atoms in total. The first-order valence-electron chi connectivity index (χ1n) is 12.5. The summed E-state index contributed by atoms with van der Waals surface area (Å²) in [5.74, 6) is 0.170. The second-order valence-electron chi connectivity index (χ2n) is 9.69. The summed E-state index contributed by atoms with van der Waals surface area (Å²) in [7, 11) is 0. The van der Waals surface area contributed by atoms with Crippen LogP contribution >= 0.6 is 11.3 Å². The van der Waals surface area contributed by atoms with Crippen LogP contribution in [0.15, 0.2) is 61.1 Å². The highest BCUT2D eigenvalue weighted by Gasteiger charge is 2.25. The third-order valence-corrected chi connectivity index (χ3v) is 8.59. The third kappa shape index (κ3) is 3.17.